The lowest BCUT2D eigenvalue weighted by atomic mass is 10.1. The number of carbonyl (C=O) groups is 1. The van der Waals surface area contributed by atoms with E-state index in [-0.39, 0.29) is 19.0 Å². The maximum absolute atomic E-state index is 13.6. The second-order valence-corrected chi connectivity index (χ2v) is 10.8. The van der Waals surface area contributed by atoms with Crippen molar-refractivity contribution in [2.24, 2.45) is 0 Å². The molecular weight excluding hydrogens is 482 g/mol. The van der Waals surface area contributed by atoms with Gasteiger partial charge in [-0.1, -0.05) is 85.8 Å². The number of rotatable bonds is 12. The van der Waals surface area contributed by atoms with Gasteiger partial charge in [0, 0.05) is 42.1 Å². The van der Waals surface area contributed by atoms with Crippen LogP contribution in [0.25, 0.3) is 17.0 Å². The highest BCUT2D eigenvalue weighted by atomic mass is 32.2. The molecule has 0 bridgehead atoms. The zero-order valence-electron chi connectivity index (χ0n) is 21.1. The number of nitrogens with zero attached hydrogens (tertiary/aromatic N) is 2. The van der Waals surface area contributed by atoms with E-state index in [4.69, 9.17) is 0 Å². The minimum atomic E-state index is -3.77. The molecule has 1 N–H and O–H groups in total. The van der Waals surface area contributed by atoms with Crippen LogP contribution in [-0.2, 0) is 27.8 Å². The van der Waals surface area contributed by atoms with Gasteiger partial charge in [0.25, 0.3) is 0 Å². The lowest BCUT2D eigenvalue weighted by Crippen LogP contribution is -2.43. The van der Waals surface area contributed by atoms with Crippen LogP contribution in [0.4, 0.5) is 0 Å². The number of hydrogen-bond acceptors (Lipinski definition) is 3. The van der Waals surface area contributed by atoms with Gasteiger partial charge in [0.15, 0.2) is 0 Å². The number of sulfonamides is 1. The quantitative estimate of drug-likeness (QED) is 0.273. The monoisotopic (exact) mass is 515 g/mol. The Bertz CT molecular complexity index is 1430. The molecule has 0 saturated carbocycles. The van der Waals surface area contributed by atoms with E-state index in [1.807, 2.05) is 92.0 Å². The van der Waals surface area contributed by atoms with Crippen LogP contribution in [0.15, 0.2) is 96.5 Å². The average Bonchev–Trinajstić information content (AvgIpc) is 3.34. The van der Waals surface area contributed by atoms with Gasteiger partial charge in [0.05, 0.1) is 6.54 Å². The number of para-hydroxylation sites is 1. The van der Waals surface area contributed by atoms with Crippen molar-refractivity contribution < 1.29 is 13.2 Å². The van der Waals surface area contributed by atoms with Gasteiger partial charge >= 0.3 is 0 Å². The minimum absolute atomic E-state index is 0.198. The third kappa shape index (κ3) is 7.18. The summed E-state index contributed by atoms with van der Waals surface area (Å²) < 4.78 is 27.6. The number of fused-ring (bicyclic) bond motifs is 1. The third-order valence-corrected chi connectivity index (χ3v) is 7.78. The molecule has 3 aromatic carbocycles. The van der Waals surface area contributed by atoms with Crippen LogP contribution < -0.4 is 0 Å². The molecule has 7 heteroatoms. The Hall–Kier alpha value is -3.68. The highest BCUT2D eigenvalue weighted by Gasteiger charge is 2.25. The molecule has 0 saturated heterocycles. The number of hydrogen-bond donors (Lipinski definition) is 1. The van der Waals surface area contributed by atoms with E-state index in [1.54, 1.807) is 11.0 Å². The molecule has 0 atom stereocenters. The number of benzene rings is 3. The first kappa shape index (κ1) is 26.4. The topological polar surface area (TPSA) is 73.5 Å². The van der Waals surface area contributed by atoms with Crippen LogP contribution in [0, 0.1) is 0 Å². The van der Waals surface area contributed by atoms with E-state index in [0.29, 0.717) is 25.9 Å². The molecule has 1 heterocycles. The largest absolute Gasteiger partial charge is 0.361 e. The molecule has 0 fully saturated rings. The molecule has 0 aliphatic carbocycles. The molecule has 1 aromatic heterocycles. The second kappa shape index (κ2) is 12.5. The van der Waals surface area contributed by atoms with Crippen molar-refractivity contribution in [3.63, 3.8) is 0 Å². The Labute approximate surface area is 219 Å². The van der Waals surface area contributed by atoms with Crippen LogP contribution in [0.5, 0.6) is 0 Å². The number of nitrogens with one attached hydrogen (secondary N) is 1. The van der Waals surface area contributed by atoms with Crippen molar-refractivity contribution in [1.82, 2.24) is 14.2 Å². The van der Waals surface area contributed by atoms with Crippen molar-refractivity contribution in [2.75, 3.05) is 19.6 Å². The smallest absolute Gasteiger partial charge is 0.238 e. The number of amides is 1. The predicted molar refractivity (Wildman–Crippen MR) is 150 cm³/mol. The summed E-state index contributed by atoms with van der Waals surface area (Å²) in [6.07, 6.45) is 4.83. The van der Waals surface area contributed by atoms with Gasteiger partial charge in [-0.15, -0.1) is 0 Å². The second-order valence-electron chi connectivity index (χ2n) is 9.00. The fraction of sp³-hybridized carbons (Fsp3) is 0.233. The molecular formula is C30H33N3O3S. The number of aromatic nitrogens is 1. The Kier molecular flexibility index (Phi) is 8.93. The Balaban J connectivity index is 1.52. The van der Waals surface area contributed by atoms with Gasteiger partial charge in [-0.3, -0.25) is 4.79 Å². The molecule has 0 unspecified atom stereocenters. The van der Waals surface area contributed by atoms with E-state index in [2.05, 4.69) is 11.1 Å². The molecule has 0 aliphatic heterocycles. The number of H-pyrrole nitrogens is 1. The Morgan fingerprint density at radius 1 is 0.892 bits per heavy atom. The van der Waals surface area contributed by atoms with Crippen LogP contribution in [0.1, 0.15) is 30.0 Å². The van der Waals surface area contributed by atoms with Gasteiger partial charge < -0.3 is 9.88 Å². The molecule has 6 nitrogen and oxygen atoms in total. The van der Waals surface area contributed by atoms with E-state index in [0.717, 1.165) is 27.6 Å². The van der Waals surface area contributed by atoms with E-state index < -0.39 is 10.0 Å². The van der Waals surface area contributed by atoms with Crippen molar-refractivity contribution in [3.05, 3.63) is 113 Å². The molecule has 0 aliphatic rings. The summed E-state index contributed by atoms with van der Waals surface area (Å²) in [7, 11) is -3.77. The van der Waals surface area contributed by atoms with Crippen molar-refractivity contribution in [3.8, 4) is 0 Å². The Morgan fingerprint density at radius 3 is 2.30 bits per heavy atom. The summed E-state index contributed by atoms with van der Waals surface area (Å²) in [6.45, 7) is 2.88. The summed E-state index contributed by atoms with van der Waals surface area (Å²) in [5, 5.41) is 2.33. The third-order valence-electron chi connectivity index (χ3n) is 6.27. The highest BCUT2D eigenvalue weighted by molar-refractivity contribution is 7.92. The van der Waals surface area contributed by atoms with Gasteiger partial charge in [-0.05, 0) is 41.7 Å². The maximum Gasteiger partial charge on any atom is 0.238 e. The van der Waals surface area contributed by atoms with Crippen molar-refractivity contribution in [1.29, 1.82) is 0 Å². The standard InChI is InChI=1S/C30H33N3O3S/c1-2-19-33(37(35,36)21-18-25-11-5-3-6-12-25)24-30(34)32(23-26-13-7-4-8-14-26)20-17-27-22-31-29-16-10-9-15-28(27)29/h3-16,18,21-22,31H,2,17,19-20,23-24H2,1H3. The first-order valence-corrected chi connectivity index (χ1v) is 14.1. The maximum atomic E-state index is 13.6. The predicted octanol–water partition coefficient (Wildman–Crippen LogP) is 5.45. The normalized spacial score (nSPS) is 11.9. The summed E-state index contributed by atoms with van der Waals surface area (Å²) in [5.41, 5.74) is 3.98. The number of aromatic amines is 1. The van der Waals surface area contributed by atoms with E-state index in [9.17, 15) is 13.2 Å². The van der Waals surface area contributed by atoms with Crippen molar-refractivity contribution >= 4 is 32.9 Å². The Morgan fingerprint density at radius 2 is 1.57 bits per heavy atom. The molecule has 4 aromatic rings. The molecule has 37 heavy (non-hydrogen) atoms. The lowest BCUT2D eigenvalue weighted by molar-refractivity contribution is -0.132. The zero-order chi connectivity index (χ0) is 26.1. The fourth-order valence-corrected chi connectivity index (χ4v) is 5.53. The van der Waals surface area contributed by atoms with Gasteiger partial charge in [-0.25, -0.2) is 8.42 Å². The molecule has 0 spiro atoms. The molecule has 0 radical (unpaired) electrons. The van der Waals surface area contributed by atoms with Crippen LogP contribution in [0.3, 0.4) is 0 Å². The summed E-state index contributed by atoms with van der Waals surface area (Å²) in [4.78, 5) is 18.6. The highest BCUT2D eigenvalue weighted by Crippen LogP contribution is 2.19. The molecule has 4 rings (SSSR count). The molecule has 1 amide bonds. The molecule has 192 valence electrons. The lowest BCUT2D eigenvalue weighted by Gasteiger charge is -2.26. The van der Waals surface area contributed by atoms with E-state index in [1.165, 1.54) is 9.71 Å². The SMILES string of the molecule is CCCN(CC(=O)N(CCc1c[nH]c2ccccc12)Cc1ccccc1)S(=O)(=O)C=Cc1ccccc1. The zero-order valence-corrected chi connectivity index (χ0v) is 21.9. The summed E-state index contributed by atoms with van der Waals surface area (Å²) >= 11 is 0. The van der Waals surface area contributed by atoms with Crippen LogP contribution >= 0.6 is 0 Å². The summed E-state index contributed by atoms with van der Waals surface area (Å²) in [5.74, 6) is -0.214. The minimum Gasteiger partial charge on any atom is -0.361 e. The van der Waals surface area contributed by atoms with Gasteiger partial charge in [0.2, 0.25) is 15.9 Å². The van der Waals surface area contributed by atoms with Crippen molar-refractivity contribution in [2.45, 2.75) is 26.3 Å². The van der Waals surface area contributed by atoms with E-state index >= 15 is 0 Å². The summed E-state index contributed by atoms with van der Waals surface area (Å²) in [6, 6.07) is 27.2. The first-order chi connectivity index (χ1) is 18.0. The van der Waals surface area contributed by atoms with Crippen LogP contribution in [0.2, 0.25) is 0 Å². The van der Waals surface area contributed by atoms with Gasteiger partial charge in [0.1, 0.15) is 0 Å². The number of carbonyl (C=O) groups excluding carboxylic acids is 1. The first-order valence-electron chi connectivity index (χ1n) is 12.6. The fourth-order valence-electron chi connectivity index (χ4n) is 4.30. The van der Waals surface area contributed by atoms with Crippen LogP contribution in [-0.4, -0.2) is 48.1 Å². The van der Waals surface area contributed by atoms with Gasteiger partial charge in [-0.2, -0.15) is 4.31 Å². The average molecular weight is 516 g/mol.